The molecular weight excluding hydrogens is 398 g/mol. The van der Waals surface area contributed by atoms with Gasteiger partial charge in [0.1, 0.15) is 0 Å². The lowest BCUT2D eigenvalue weighted by molar-refractivity contribution is -0.143. The number of aromatic amines is 1. The van der Waals surface area contributed by atoms with Gasteiger partial charge in [-0.3, -0.25) is 14.6 Å². The molecule has 2 amide bonds. The van der Waals surface area contributed by atoms with Crippen molar-refractivity contribution < 1.29 is 22.8 Å². The van der Waals surface area contributed by atoms with Crippen LogP contribution in [0.5, 0.6) is 0 Å². The van der Waals surface area contributed by atoms with E-state index in [1.807, 2.05) is 11.8 Å². The van der Waals surface area contributed by atoms with Gasteiger partial charge >= 0.3 is 17.6 Å². The fourth-order valence-corrected chi connectivity index (χ4v) is 3.54. The Balaban J connectivity index is 1.41. The summed E-state index contributed by atoms with van der Waals surface area (Å²) in [5.74, 6) is -4.00. The number of benzene rings is 2. The molecular formula is C20H18F2N4O4. The summed E-state index contributed by atoms with van der Waals surface area (Å²) in [6.45, 7) is 2.70. The predicted octanol–water partition coefficient (Wildman–Crippen LogP) is 2.08. The second-order valence-electron chi connectivity index (χ2n) is 7.07. The van der Waals surface area contributed by atoms with E-state index < -0.39 is 29.2 Å². The van der Waals surface area contributed by atoms with E-state index in [1.165, 1.54) is 17.0 Å². The summed E-state index contributed by atoms with van der Waals surface area (Å²) in [5, 5.41) is 2.50. The number of amides is 2. The molecule has 0 radical (unpaired) electrons. The SMILES string of the molecule is C[C@@H]1CN(C(=O)C(=O)Nc2ccc3[nH]c(=O)oc3c2)CCN1c1ccc(F)c(F)c1. The van der Waals surface area contributed by atoms with Gasteiger partial charge in [0.05, 0.1) is 5.52 Å². The molecule has 10 heteroatoms. The third-order valence-electron chi connectivity index (χ3n) is 5.02. The number of carbonyl (C=O) groups excluding carboxylic acids is 2. The summed E-state index contributed by atoms with van der Waals surface area (Å²) >= 11 is 0. The number of hydrogen-bond donors (Lipinski definition) is 2. The Bertz CT molecular complexity index is 1190. The first-order chi connectivity index (χ1) is 14.3. The van der Waals surface area contributed by atoms with Crippen LogP contribution in [-0.4, -0.2) is 47.4 Å². The van der Waals surface area contributed by atoms with E-state index in [0.29, 0.717) is 23.4 Å². The van der Waals surface area contributed by atoms with E-state index in [-0.39, 0.29) is 24.7 Å². The molecule has 0 saturated carbocycles. The molecule has 1 atom stereocenters. The van der Waals surface area contributed by atoms with Crippen molar-refractivity contribution in [2.24, 2.45) is 0 Å². The number of piperazine rings is 1. The number of carbonyl (C=O) groups is 2. The van der Waals surface area contributed by atoms with E-state index in [0.717, 1.165) is 12.1 Å². The van der Waals surface area contributed by atoms with Crippen molar-refractivity contribution in [1.29, 1.82) is 0 Å². The maximum atomic E-state index is 13.5. The zero-order valence-electron chi connectivity index (χ0n) is 15.9. The summed E-state index contributed by atoms with van der Waals surface area (Å²) in [6, 6.07) is 8.01. The summed E-state index contributed by atoms with van der Waals surface area (Å²) in [5.41, 5.74) is 1.57. The smallest absolute Gasteiger partial charge is 0.408 e. The van der Waals surface area contributed by atoms with Gasteiger partial charge in [-0.25, -0.2) is 13.6 Å². The van der Waals surface area contributed by atoms with Crippen LogP contribution in [0.2, 0.25) is 0 Å². The monoisotopic (exact) mass is 416 g/mol. The number of oxazole rings is 1. The summed E-state index contributed by atoms with van der Waals surface area (Å²) in [4.78, 5) is 41.9. The van der Waals surface area contributed by atoms with Crippen LogP contribution in [0.1, 0.15) is 6.92 Å². The molecule has 156 valence electrons. The number of nitrogens with zero attached hydrogens (tertiary/aromatic N) is 2. The molecule has 1 aromatic heterocycles. The summed E-state index contributed by atoms with van der Waals surface area (Å²) in [7, 11) is 0. The molecule has 0 bridgehead atoms. The Morgan fingerprint density at radius 1 is 1.13 bits per heavy atom. The zero-order valence-corrected chi connectivity index (χ0v) is 15.9. The maximum absolute atomic E-state index is 13.5. The molecule has 3 aromatic rings. The maximum Gasteiger partial charge on any atom is 0.417 e. The van der Waals surface area contributed by atoms with E-state index in [4.69, 9.17) is 4.42 Å². The standard InChI is InChI=1S/C20H18F2N4O4/c1-11-10-25(6-7-26(11)13-3-4-14(21)15(22)9-13)19(28)18(27)23-12-2-5-16-17(8-12)30-20(29)24-16/h2-5,8-9,11H,6-7,10H2,1H3,(H,23,27)(H,24,29)/t11-/m1/s1. The van der Waals surface area contributed by atoms with Crippen molar-refractivity contribution in [2.75, 3.05) is 29.9 Å². The quantitative estimate of drug-likeness (QED) is 0.624. The van der Waals surface area contributed by atoms with E-state index >= 15 is 0 Å². The van der Waals surface area contributed by atoms with Crippen LogP contribution < -0.4 is 16.0 Å². The third-order valence-corrected chi connectivity index (χ3v) is 5.02. The fraction of sp³-hybridized carbons (Fsp3) is 0.250. The minimum atomic E-state index is -0.937. The molecule has 0 unspecified atom stereocenters. The number of H-pyrrole nitrogens is 1. The van der Waals surface area contributed by atoms with Crippen LogP contribution in [0.3, 0.4) is 0 Å². The average molecular weight is 416 g/mol. The lowest BCUT2D eigenvalue weighted by atomic mass is 10.1. The Morgan fingerprint density at radius 2 is 1.93 bits per heavy atom. The number of nitrogens with one attached hydrogen (secondary N) is 2. The molecule has 1 aliphatic rings. The number of aromatic nitrogens is 1. The van der Waals surface area contributed by atoms with Crippen LogP contribution in [0.25, 0.3) is 11.1 Å². The van der Waals surface area contributed by atoms with Gasteiger partial charge in [0.2, 0.25) is 0 Å². The highest BCUT2D eigenvalue weighted by molar-refractivity contribution is 6.39. The topological polar surface area (TPSA) is 98.7 Å². The Morgan fingerprint density at radius 3 is 2.67 bits per heavy atom. The van der Waals surface area contributed by atoms with Gasteiger partial charge in [-0.1, -0.05) is 0 Å². The van der Waals surface area contributed by atoms with Crippen LogP contribution in [0.4, 0.5) is 20.2 Å². The van der Waals surface area contributed by atoms with Crippen molar-refractivity contribution in [3.8, 4) is 0 Å². The van der Waals surface area contributed by atoms with E-state index in [2.05, 4.69) is 10.3 Å². The van der Waals surface area contributed by atoms with Gasteiger partial charge in [0, 0.05) is 49.2 Å². The van der Waals surface area contributed by atoms with Crippen molar-refractivity contribution in [3.63, 3.8) is 0 Å². The van der Waals surface area contributed by atoms with E-state index in [1.54, 1.807) is 12.1 Å². The summed E-state index contributed by atoms with van der Waals surface area (Å²) < 4.78 is 31.6. The second-order valence-corrected chi connectivity index (χ2v) is 7.07. The molecule has 0 spiro atoms. The van der Waals surface area contributed by atoms with Crippen molar-refractivity contribution in [3.05, 3.63) is 58.6 Å². The van der Waals surface area contributed by atoms with Gasteiger partial charge in [-0.15, -0.1) is 0 Å². The lowest BCUT2D eigenvalue weighted by Crippen LogP contribution is -2.55. The number of fused-ring (bicyclic) bond motifs is 1. The molecule has 30 heavy (non-hydrogen) atoms. The number of rotatable bonds is 2. The molecule has 2 aromatic carbocycles. The summed E-state index contributed by atoms with van der Waals surface area (Å²) in [6.07, 6.45) is 0. The minimum absolute atomic E-state index is 0.203. The van der Waals surface area contributed by atoms with Gasteiger partial charge < -0.3 is 19.5 Å². The Kier molecular flexibility index (Phi) is 4.98. The van der Waals surface area contributed by atoms with Crippen molar-refractivity contribution in [2.45, 2.75) is 13.0 Å². The highest BCUT2D eigenvalue weighted by atomic mass is 19.2. The normalized spacial score (nSPS) is 16.7. The molecule has 1 aliphatic heterocycles. The first kappa shape index (κ1) is 19.6. The van der Waals surface area contributed by atoms with Crippen LogP contribution >= 0.6 is 0 Å². The lowest BCUT2D eigenvalue weighted by Gasteiger charge is -2.41. The molecule has 0 aliphatic carbocycles. The van der Waals surface area contributed by atoms with Gasteiger partial charge in [-0.05, 0) is 31.2 Å². The van der Waals surface area contributed by atoms with E-state index in [9.17, 15) is 23.2 Å². The van der Waals surface area contributed by atoms with Crippen LogP contribution in [-0.2, 0) is 9.59 Å². The number of anilines is 2. The van der Waals surface area contributed by atoms with Crippen LogP contribution in [0.15, 0.2) is 45.6 Å². The average Bonchev–Trinajstić information content (AvgIpc) is 3.08. The highest BCUT2D eigenvalue weighted by Crippen LogP contribution is 2.23. The van der Waals surface area contributed by atoms with Crippen molar-refractivity contribution in [1.82, 2.24) is 9.88 Å². The Labute approximate surface area is 169 Å². The molecule has 1 fully saturated rings. The van der Waals surface area contributed by atoms with Crippen LogP contribution in [0, 0.1) is 11.6 Å². The molecule has 1 saturated heterocycles. The largest absolute Gasteiger partial charge is 0.417 e. The highest BCUT2D eigenvalue weighted by Gasteiger charge is 2.30. The molecule has 4 rings (SSSR count). The predicted molar refractivity (Wildman–Crippen MR) is 105 cm³/mol. The molecule has 2 N–H and O–H groups in total. The first-order valence-electron chi connectivity index (χ1n) is 9.26. The van der Waals surface area contributed by atoms with Gasteiger partial charge in [-0.2, -0.15) is 0 Å². The molecule has 8 nitrogen and oxygen atoms in total. The second kappa shape index (κ2) is 7.62. The minimum Gasteiger partial charge on any atom is -0.408 e. The van der Waals surface area contributed by atoms with Gasteiger partial charge in [0.25, 0.3) is 0 Å². The Hall–Kier alpha value is -3.69. The molecule has 2 heterocycles. The number of hydrogen-bond acceptors (Lipinski definition) is 5. The fourth-order valence-electron chi connectivity index (χ4n) is 3.54. The third kappa shape index (κ3) is 3.76. The van der Waals surface area contributed by atoms with Crippen molar-refractivity contribution >= 4 is 34.3 Å². The first-order valence-corrected chi connectivity index (χ1v) is 9.26. The zero-order chi connectivity index (χ0) is 21.4. The number of halogens is 2. The van der Waals surface area contributed by atoms with Gasteiger partial charge in [0.15, 0.2) is 17.2 Å².